The molecule has 0 unspecified atom stereocenters. The van der Waals surface area contributed by atoms with Crippen molar-refractivity contribution in [3.8, 4) is 0 Å². The number of hydrogen-bond donors (Lipinski definition) is 0. The van der Waals surface area contributed by atoms with Gasteiger partial charge in [0, 0.05) is 16.8 Å². The second-order valence-corrected chi connectivity index (χ2v) is 5.82. The molecule has 4 nitrogen and oxygen atoms in total. The van der Waals surface area contributed by atoms with Gasteiger partial charge in [-0.05, 0) is 24.1 Å². The summed E-state index contributed by atoms with van der Waals surface area (Å²) in [7, 11) is 0. The average Bonchev–Trinajstić information content (AvgIpc) is 2.53. The molecule has 110 valence electrons. The van der Waals surface area contributed by atoms with E-state index in [-0.39, 0.29) is 5.56 Å². The minimum atomic E-state index is -1.16. The van der Waals surface area contributed by atoms with Gasteiger partial charge in [0.1, 0.15) is 0 Å². The van der Waals surface area contributed by atoms with Crippen molar-refractivity contribution in [3.63, 3.8) is 0 Å². The zero-order valence-corrected chi connectivity index (χ0v) is 12.8. The summed E-state index contributed by atoms with van der Waals surface area (Å²) in [5.74, 6) is -0.474. The topological polar surface area (TPSA) is 65.9 Å². The van der Waals surface area contributed by atoms with Gasteiger partial charge >= 0.3 is 0 Å². The summed E-state index contributed by atoms with van der Waals surface area (Å²) in [6, 6.07) is 14.6. The van der Waals surface area contributed by atoms with Crippen molar-refractivity contribution in [2.24, 2.45) is 0 Å². The summed E-state index contributed by atoms with van der Waals surface area (Å²) in [6.07, 6.45) is 0. The van der Waals surface area contributed by atoms with Crippen LogP contribution >= 0.6 is 11.8 Å². The molecule has 1 heterocycles. The molecular weight excluding hydrogens is 296 g/mol. The molecule has 3 rings (SSSR count). The van der Waals surface area contributed by atoms with Crippen molar-refractivity contribution in [2.45, 2.75) is 17.8 Å². The lowest BCUT2D eigenvalue weighted by Crippen LogP contribution is -2.21. The van der Waals surface area contributed by atoms with Crippen LogP contribution in [0.15, 0.2) is 53.7 Å². The van der Waals surface area contributed by atoms with E-state index in [4.69, 9.17) is 0 Å². The highest BCUT2D eigenvalue weighted by molar-refractivity contribution is 7.98. The third-order valence-corrected chi connectivity index (χ3v) is 4.25. The van der Waals surface area contributed by atoms with Crippen molar-refractivity contribution in [2.75, 3.05) is 0 Å². The fourth-order valence-electron chi connectivity index (χ4n) is 2.16. The second kappa shape index (κ2) is 6.15. The van der Waals surface area contributed by atoms with Gasteiger partial charge in [0.25, 0.3) is 0 Å². The van der Waals surface area contributed by atoms with Crippen LogP contribution in [0.3, 0.4) is 0 Å². The van der Waals surface area contributed by atoms with Crippen LogP contribution in [0.2, 0.25) is 0 Å². The molecule has 0 aliphatic heterocycles. The number of fused-ring (bicyclic) bond motifs is 1. The van der Waals surface area contributed by atoms with Gasteiger partial charge in [0.2, 0.25) is 0 Å². The maximum Gasteiger partial charge on any atom is 0.188 e. The summed E-state index contributed by atoms with van der Waals surface area (Å²) in [5, 5.41) is 12.5. The Morgan fingerprint density at radius 3 is 2.55 bits per heavy atom. The largest absolute Gasteiger partial charge is 0.545 e. The Bertz CT molecular complexity index is 832. The quantitative estimate of drug-likeness (QED) is 0.547. The number of carbonyl (C=O) groups excluding carboxylic acids is 1. The first kappa shape index (κ1) is 14.5. The Balaban J connectivity index is 1.77. The van der Waals surface area contributed by atoms with E-state index in [9.17, 15) is 9.90 Å². The summed E-state index contributed by atoms with van der Waals surface area (Å²) in [4.78, 5) is 19.8. The summed E-state index contributed by atoms with van der Waals surface area (Å²) < 4.78 is 0. The predicted octanol–water partition coefficient (Wildman–Crippen LogP) is 2.59. The van der Waals surface area contributed by atoms with Crippen molar-refractivity contribution < 1.29 is 9.90 Å². The number of carboxylic acid groups (broad SMARTS) is 1. The van der Waals surface area contributed by atoms with Gasteiger partial charge in [0.05, 0.1) is 11.5 Å². The monoisotopic (exact) mass is 309 g/mol. The van der Waals surface area contributed by atoms with Gasteiger partial charge in [-0.3, -0.25) is 0 Å². The fourth-order valence-corrected chi connectivity index (χ4v) is 3.01. The van der Waals surface area contributed by atoms with E-state index in [1.54, 1.807) is 24.3 Å². The lowest BCUT2D eigenvalue weighted by Gasteiger charge is -2.06. The number of benzene rings is 2. The number of nitrogens with zero attached hydrogens (tertiary/aromatic N) is 2. The number of hydrogen-bond acceptors (Lipinski definition) is 5. The number of aromatic carboxylic acids is 1. The number of carboxylic acids is 1. The molecule has 0 radical (unpaired) electrons. The molecule has 0 bridgehead atoms. The van der Waals surface area contributed by atoms with Gasteiger partial charge in [0.15, 0.2) is 5.16 Å². The molecule has 0 aliphatic carbocycles. The Morgan fingerprint density at radius 1 is 1.09 bits per heavy atom. The van der Waals surface area contributed by atoms with Crippen molar-refractivity contribution >= 4 is 28.6 Å². The summed E-state index contributed by atoms with van der Waals surface area (Å²) in [6.45, 7) is 1.97. The number of rotatable bonds is 4. The Kier molecular flexibility index (Phi) is 4.06. The van der Waals surface area contributed by atoms with Crippen LogP contribution in [0.4, 0.5) is 0 Å². The van der Waals surface area contributed by atoms with Crippen LogP contribution in [0, 0.1) is 6.92 Å². The van der Waals surface area contributed by atoms with E-state index in [0.717, 1.165) is 27.3 Å². The minimum Gasteiger partial charge on any atom is -0.545 e. The molecule has 5 heteroatoms. The van der Waals surface area contributed by atoms with Crippen molar-refractivity contribution in [3.05, 3.63) is 65.4 Å². The van der Waals surface area contributed by atoms with Crippen LogP contribution in [-0.4, -0.2) is 15.9 Å². The highest BCUT2D eigenvalue weighted by atomic mass is 32.2. The minimum absolute atomic E-state index is 0.187. The van der Waals surface area contributed by atoms with Crippen molar-refractivity contribution in [1.29, 1.82) is 0 Å². The molecule has 3 aromatic rings. The SMILES string of the molecule is Cc1nc(SCc2ccc(C(=O)[O-])cc2)nc2ccccc12. The first-order chi connectivity index (χ1) is 10.6. The third-order valence-electron chi connectivity index (χ3n) is 3.33. The molecule has 0 amide bonds. The van der Waals surface area contributed by atoms with E-state index < -0.39 is 5.97 Å². The number of para-hydroxylation sites is 1. The summed E-state index contributed by atoms with van der Waals surface area (Å²) >= 11 is 1.53. The zero-order valence-electron chi connectivity index (χ0n) is 11.9. The number of carbonyl (C=O) groups is 1. The highest BCUT2D eigenvalue weighted by Crippen LogP contribution is 2.23. The van der Waals surface area contributed by atoms with E-state index in [1.807, 2.05) is 31.2 Å². The molecule has 0 N–H and O–H groups in total. The van der Waals surface area contributed by atoms with Gasteiger partial charge in [-0.15, -0.1) is 0 Å². The molecule has 0 spiro atoms. The Labute approximate surface area is 132 Å². The fraction of sp³-hybridized carbons (Fsp3) is 0.118. The van der Waals surface area contributed by atoms with Crippen LogP contribution in [0.25, 0.3) is 10.9 Å². The Morgan fingerprint density at radius 2 is 1.82 bits per heavy atom. The van der Waals surface area contributed by atoms with E-state index in [0.29, 0.717) is 5.75 Å². The number of thioether (sulfide) groups is 1. The lowest BCUT2D eigenvalue weighted by atomic mass is 10.1. The molecule has 0 saturated carbocycles. The molecule has 2 aromatic carbocycles. The highest BCUT2D eigenvalue weighted by Gasteiger charge is 2.05. The second-order valence-electron chi connectivity index (χ2n) is 4.88. The molecule has 0 aliphatic rings. The number of aryl methyl sites for hydroxylation is 1. The third kappa shape index (κ3) is 3.09. The zero-order chi connectivity index (χ0) is 15.5. The van der Waals surface area contributed by atoms with Crippen LogP contribution in [0.1, 0.15) is 21.6 Å². The molecule has 0 saturated heterocycles. The normalized spacial score (nSPS) is 10.8. The van der Waals surface area contributed by atoms with E-state index in [1.165, 1.54) is 11.8 Å². The van der Waals surface area contributed by atoms with Crippen LogP contribution in [0.5, 0.6) is 0 Å². The lowest BCUT2D eigenvalue weighted by molar-refractivity contribution is -0.255. The van der Waals surface area contributed by atoms with Crippen molar-refractivity contribution in [1.82, 2.24) is 9.97 Å². The number of aromatic nitrogens is 2. The summed E-state index contributed by atoms with van der Waals surface area (Å²) in [5.41, 5.74) is 3.10. The van der Waals surface area contributed by atoms with E-state index >= 15 is 0 Å². The first-order valence-corrected chi connectivity index (χ1v) is 7.78. The molecule has 1 aromatic heterocycles. The Hall–Kier alpha value is -2.40. The molecular formula is C17H13N2O2S-. The first-order valence-electron chi connectivity index (χ1n) is 6.80. The maximum absolute atomic E-state index is 10.7. The average molecular weight is 309 g/mol. The standard InChI is InChI=1S/C17H14N2O2S/c1-11-14-4-2-3-5-15(14)19-17(18-11)22-10-12-6-8-13(9-7-12)16(20)21/h2-9H,10H2,1H3,(H,20,21)/p-1. The molecule has 0 atom stereocenters. The van der Waals surface area contributed by atoms with Gasteiger partial charge in [-0.2, -0.15) is 0 Å². The van der Waals surface area contributed by atoms with Crippen LogP contribution in [-0.2, 0) is 5.75 Å². The van der Waals surface area contributed by atoms with E-state index in [2.05, 4.69) is 9.97 Å². The van der Waals surface area contributed by atoms with Gasteiger partial charge in [-0.1, -0.05) is 54.2 Å². The predicted molar refractivity (Wildman–Crippen MR) is 84.6 cm³/mol. The maximum atomic E-state index is 10.7. The van der Waals surface area contributed by atoms with Gasteiger partial charge < -0.3 is 9.90 Å². The van der Waals surface area contributed by atoms with Crippen LogP contribution < -0.4 is 5.11 Å². The van der Waals surface area contributed by atoms with Gasteiger partial charge in [-0.25, -0.2) is 9.97 Å². The molecule has 22 heavy (non-hydrogen) atoms. The molecule has 0 fully saturated rings. The smallest absolute Gasteiger partial charge is 0.188 e.